The quantitative estimate of drug-likeness (QED) is 0.897. The van der Waals surface area contributed by atoms with Gasteiger partial charge in [-0.3, -0.25) is 9.48 Å². The summed E-state index contributed by atoms with van der Waals surface area (Å²) in [6.45, 7) is 0. The lowest BCUT2D eigenvalue weighted by Crippen LogP contribution is -2.01. The molecule has 0 saturated carbocycles. The molecule has 0 bridgehead atoms. The minimum Gasteiger partial charge on any atom is -0.481 e. The Kier molecular flexibility index (Phi) is 3.80. The van der Waals surface area contributed by atoms with Crippen LogP contribution in [0.3, 0.4) is 0 Å². The number of aromatic nitrogens is 3. The molecule has 0 unspecified atom stereocenters. The van der Waals surface area contributed by atoms with Crippen molar-refractivity contribution in [3.63, 3.8) is 0 Å². The van der Waals surface area contributed by atoms with Crippen molar-refractivity contribution in [2.24, 2.45) is 7.05 Å². The number of rotatable bonds is 5. The molecule has 1 N–H and O–H groups in total. The Morgan fingerprint density at radius 2 is 2.47 bits per heavy atom. The summed E-state index contributed by atoms with van der Waals surface area (Å²) in [6.07, 6.45) is 0. The highest BCUT2D eigenvalue weighted by molar-refractivity contribution is 7.99. The molecule has 0 radical (unpaired) electrons. The number of aryl methyl sites for hydroxylation is 1. The molecule has 0 spiro atoms. The van der Waals surface area contributed by atoms with Gasteiger partial charge in [-0.15, -0.1) is 23.1 Å². The van der Waals surface area contributed by atoms with E-state index in [0.29, 0.717) is 11.6 Å². The summed E-state index contributed by atoms with van der Waals surface area (Å²) in [5.41, 5.74) is 0. The third-order valence-electron chi connectivity index (χ3n) is 2.05. The maximum absolute atomic E-state index is 10.4. The van der Waals surface area contributed by atoms with E-state index in [1.807, 2.05) is 24.6 Å². The zero-order chi connectivity index (χ0) is 12.3. The van der Waals surface area contributed by atoms with Crippen LogP contribution in [-0.2, 0) is 17.6 Å². The SMILES string of the molecule is Cn1nc(-c2cccs2)nc1CSCC(=O)O. The molecular weight excluding hydrogens is 258 g/mol. The normalized spacial score (nSPS) is 10.6. The van der Waals surface area contributed by atoms with E-state index in [4.69, 9.17) is 5.11 Å². The largest absolute Gasteiger partial charge is 0.481 e. The van der Waals surface area contributed by atoms with Gasteiger partial charge >= 0.3 is 5.97 Å². The fraction of sp³-hybridized carbons (Fsp3) is 0.300. The topological polar surface area (TPSA) is 68.0 Å². The van der Waals surface area contributed by atoms with Crippen molar-refractivity contribution in [3.8, 4) is 10.7 Å². The number of hydrogen-bond acceptors (Lipinski definition) is 5. The second-order valence-corrected chi connectivity index (χ2v) is 5.27. The summed E-state index contributed by atoms with van der Waals surface area (Å²) in [6, 6.07) is 3.92. The summed E-state index contributed by atoms with van der Waals surface area (Å²) >= 11 is 2.91. The number of hydrogen-bond donors (Lipinski definition) is 1. The fourth-order valence-corrected chi connectivity index (χ4v) is 2.65. The molecule has 2 aromatic heterocycles. The molecule has 17 heavy (non-hydrogen) atoms. The Morgan fingerprint density at radius 3 is 3.12 bits per heavy atom. The molecule has 0 atom stereocenters. The van der Waals surface area contributed by atoms with Gasteiger partial charge in [0.05, 0.1) is 16.4 Å². The van der Waals surface area contributed by atoms with Crippen molar-refractivity contribution >= 4 is 29.1 Å². The van der Waals surface area contributed by atoms with Crippen LogP contribution in [-0.4, -0.2) is 31.6 Å². The third-order valence-corrected chi connectivity index (χ3v) is 3.83. The number of thioether (sulfide) groups is 1. The maximum atomic E-state index is 10.4. The van der Waals surface area contributed by atoms with Crippen LogP contribution in [0.4, 0.5) is 0 Å². The minimum atomic E-state index is -0.810. The molecule has 0 saturated heterocycles. The lowest BCUT2D eigenvalue weighted by molar-refractivity contribution is -0.133. The smallest absolute Gasteiger partial charge is 0.313 e. The third kappa shape index (κ3) is 3.07. The van der Waals surface area contributed by atoms with Gasteiger partial charge in [0.15, 0.2) is 5.82 Å². The first-order chi connectivity index (χ1) is 8.16. The standard InChI is InChI=1S/C10H11N3O2S2/c1-13-8(5-16-6-9(14)15)11-10(12-13)7-3-2-4-17-7/h2-4H,5-6H2,1H3,(H,14,15). The monoisotopic (exact) mass is 269 g/mol. The number of thiophene rings is 1. The highest BCUT2D eigenvalue weighted by Crippen LogP contribution is 2.22. The lowest BCUT2D eigenvalue weighted by atomic mass is 10.4. The van der Waals surface area contributed by atoms with Gasteiger partial charge in [-0.05, 0) is 11.4 Å². The number of carboxylic acid groups (broad SMARTS) is 1. The highest BCUT2D eigenvalue weighted by Gasteiger charge is 2.10. The predicted octanol–water partition coefficient (Wildman–Crippen LogP) is 1.86. The summed E-state index contributed by atoms with van der Waals surface area (Å²) < 4.78 is 1.70. The van der Waals surface area contributed by atoms with E-state index in [1.54, 1.807) is 16.0 Å². The molecule has 0 aliphatic rings. The molecule has 0 fully saturated rings. The van der Waals surface area contributed by atoms with Gasteiger partial charge < -0.3 is 5.11 Å². The zero-order valence-corrected chi connectivity index (χ0v) is 10.8. The second kappa shape index (κ2) is 5.33. The van der Waals surface area contributed by atoms with Gasteiger partial charge in [0, 0.05) is 7.05 Å². The molecule has 2 aromatic rings. The van der Waals surface area contributed by atoms with Crippen LogP contribution in [0.2, 0.25) is 0 Å². The van der Waals surface area contributed by atoms with E-state index in [9.17, 15) is 4.79 Å². The van der Waals surface area contributed by atoms with E-state index in [0.717, 1.165) is 10.7 Å². The molecule has 90 valence electrons. The first kappa shape index (κ1) is 12.1. The second-order valence-electron chi connectivity index (χ2n) is 3.34. The molecule has 0 aliphatic carbocycles. The number of nitrogens with zero attached hydrogens (tertiary/aromatic N) is 3. The van der Waals surface area contributed by atoms with Crippen molar-refractivity contribution in [1.29, 1.82) is 0 Å². The zero-order valence-electron chi connectivity index (χ0n) is 9.16. The van der Waals surface area contributed by atoms with Crippen LogP contribution in [0.1, 0.15) is 5.82 Å². The molecule has 2 rings (SSSR count). The van der Waals surface area contributed by atoms with Gasteiger partial charge in [-0.1, -0.05) is 6.07 Å². The van der Waals surface area contributed by atoms with Crippen molar-refractivity contribution in [1.82, 2.24) is 14.8 Å². The Balaban J connectivity index is 2.06. The van der Waals surface area contributed by atoms with Crippen LogP contribution < -0.4 is 0 Å². The first-order valence-corrected chi connectivity index (χ1v) is 6.93. The Bertz CT molecular complexity index is 508. The molecular formula is C10H11N3O2S2. The number of carbonyl (C=O) groups is 1. The summed E-state index contributed by atoms with van der Waals surface area (Å²) in [5, 5.41) is 14.8. The van der Waals surface area contributed by atoms with Crippen molar-refractivity contribution < 1.29 is 9.90 Å². The predicted molar refractivity (Wildman–Crippen MR) is 68.1 cm³/mol. The van der Waals surface area contributed by atoms with Gasteiger partial charge in [0.1, 0.15) is 5.82 Å². The van der Waals surface area contributed by atoms with Crippen molar-refractivity contribution in [2.75, 3.05) is 5.75 Å². The Labute approximate surface area is 106 Å². The number of aliphatic carboxylic acids is 1. The van der Waals surface area contributed by atoms with E-state index >= 15 is 0 Å². The lowest BCUT2D eigenvalue weighted by Gasteiger charge is -1.96. The van der Waals surface area contributed by atoms with Crippen LogP contribution in [0, 0.1) is 0 Å². The van der Waals surface area contributed by atoms with E-state index in [1.165, 1.54) is 11.8 Å². The summed E-state index contributed by atoms with van der Waals surface area (Å²) in [7, 11) is 1.82. The number of carboxylic acids is 1. The average molecular weight is 269 g/mol. The van der Waals surface area contributed by atoms with Crippen molar-refractivity contribution in [2.45, 2.75) is 5.75 Å². The molecule has 2 heterocycles. The Hall–Kier alpha value is -1.34. The molecule has 0 aliphatic heterocycles. The van der Waals surface area contributed by atoms with Crippen LogP contribution in [0.5, 0.6) is 0 Å². The summed E-state index contributed by atoms with van der Waals surface area (Å²) in [4.78, 5) is 15.8. The summed E-state index contributed by atoms with van der Waals surface area (Å²) in [5.74, 6) is 1.33. The van der Waals surface area contributed by atoms with Crippen LogP contribution in [0.25, 0.3) is 10.7 Å². The first-order valence-electron chi connectivity index (χ1n) is 4.90. The molecule has 0 aromatic carbocycles. The van der Waals surface area contributed by atoms with Crippen LogP contribution >= 0.6 is 23.1 Å². The van der Waals surface area contributed by atoms with Gasteiger partial charge in [0.25, 0.3) is 0 Å². The van der Waals surface area contributed by atoms with E-state index in [2.05, 4.69) is 10.1 Å². The molecule has 5 nitrogen and oxygen atoms in total. The van der Waals surface area contributed by atoms with Gasteiger partial charge in [0.2, 0.25) is 0 Å². The Morgan fingerprint density at radius 1 is 1.65 bits per heavy atom. The van der Waals surface area contributed by atoms with E-state index < -0.39 is 5.97 Å². The van der Waals surface area contributed by atoms with Gasteiger partial charge in [-0.25, -0.2) is 4.98 Å². The maximum Gasteiger partial charge on any atom is 0.313 e. The minimum absolute atomic E-state index is 0.0845. The van der Waals surface area contributed by atoms with E-state index in [-0.39, 0.29) is 5.75 Å². The van der Waals surface area contributed by atoms with Gasteiger partial charge in [-0.2, -0.15) is 5.10 Å². The van der Waals surface area contributed by atoms with Crippen LogP contribution in [0.15, 0.2) is 17.5 Å². The molecule has 0 amide bonds. The fourth-order valence-electron chi connectivity index (χ4n) is 1.28. The molecule has 7 heteroatoms. The van der Waals surface area contributed by atoms with Crippen molar-refractivity contribution in [3.05, 3.63) is 23.3 Å². The highest BCUT2D eigenvalue weighted by atomic mass is 32.2. The average Bonchev–Trinajstić information content (AvgIpc) is 2.87.